The fourth-order valence-electron chi connectivity index (χ4n) is 2.39. The van der Waals surface area contributed by atoms with Crippen molar-refractivity contribution in [2.75, 3.05) is 13.2 Å². The van der Waals surface area contributed by atoms with E-state index in [0.717, 1.165) is 30.3 Å². The van der Waals surface area contributed by atoms with Crippen molar-refractivity contribution in [3.63, 3.8) is 0 Å². The van der Waals surface area contributed by atoms with Crippen LogP contribution in [0.25, 0.3) is 0 Å². The Morgan fingerprint density at radius 1 is 1.56 bits per heavy atom. The van der Waals surface area contributed by atoms with E-state index in [9.17, 15) is 4.79 Å². The van der Waals surface area contributed by atoms with E-state index in [1.807, 2.05) is 4.90 Å². The number of piperidine rings is 1. The average molecular weight is 313 g/mol. The predicted octanol–water partition coefficient (Wildman–Crippen LogP) is 2.22. The van der Waals surface area contributed by atoms with Gasteiger partial charge in [0.05, 0.1) is 0 Å². The number of likely N-dealkylation sites (tertiary alicyclic amines) is 1. The second-order valence-electron chi connectivity index (χ2n) is 4.52. The minimum atomic E-state index is -0.0329. The van der Waals surface area contributed by atoms with E-state index in [4.69, 9.17) is 5.11 Å². The minimum Gasteiger partial charge on any atom is -0.396 e. The van der Waals surface area contributed by atoms with Crippen molar-refractivity contribution in [3.05, 3.63) is 28.5 Å². The molecule has 4 nitrogen and oxygen atoms in total. The molecule has 0 aliphatic carbocycles. The largest absolute Gasteiger partial charge is 0.396 e. The van der Waals surface area contributed by atoms with Crippen LogP contribution in [0.15, 0.2) is 22.8 Å². The molecule has 0 radical (unpaired) electrons. The lowest BCUT2D eigenvalue weighted by atomic mass is 9.99. The quantitative estimate of drug-likeness (QED) is 0.931. The van der Waals surface area contributed by atoms with Gasteiger partial charge in [0.15, 0.2) is 0 Å². The van der Waals surface area contributed by atoms with Crippen molar-refractivity contribution in [2.45, 2.75) is 31.7 Å². The Hall–Kier alpha value is -0.940. The molecule has 98 valence electrons. The first kappa shape index (κ1) is 13.5. The molecule has 1 N–H and O–H groups in total. The van der Waals surface area contributed by atoms with Crippen LogP contribution in [0.4, 0.5) is 0 Å². The van der Waals surface area contributed by atoms with Gasteiger partial charge in [-0.2, -0.15) is 0 Å². The molecule has 1 aromatic rings. The normalized spacial score (nSPS) is 19.9. The Morgan fingerprint density at radius 3 is 3.11 bits per heavy atom. The monoisotopic (exact) mass is 312 g/mol. The maximum absolute atomic E-state index is 12.4. The van der Waals surface area contributed by atoms with Gasteiger partial charge in [0.1, 0.15) is 5.69 Å². The Balaban J connectivity index is 2.15. The number of amides is 1. The molecule has 2 rings (SSSR count). The first-order valence-electron chi connectivity index (χ1n) is 6.26. The van der Waals surface area contributed by atoms with Crippen LogP contribution in [-0.2, 0) is 0 Å². The molecule has 1 aromatic heterocycles. The van der Waals surface area contributed by atoms with Crippen molar-refractivity contribution in [3.8, 4) is 0 Å². The van der Waals surface area contributed by atoms with E-state index < -0.39 is 0 Å². The molecule has 1 amide bonds. The van der Waals surface area contributed by atoms with Crippen LogP contribution in [0.3, 0.4) is 0 Å². The van der Waals surface area contributed by atoms with Crippen molar-refractivity contribution in [2.24, 2.45) is 0 Å². The zero-order valence-electron chi connectivity index (χ0n) is 10.2. The lowest BCUT2D eigenvalue weighted by molar-refractivity contribution is 0.0568. The minimum absolute atomic E-state index is 0.0329. The molecule has 1 saturated heterocycles. The summed E-state index contributed by atoms with van der Waals surface area (Å²) in [7, 11) is 0. The molecule has 0 aromatic carbocycles. The number of pyridine rings is 1. The third-order valence-corrected chi connectivity index (χ3v) is 3.78. The second kappa shape index (κ2) is 6.29. The van der Waals surface area contributed by atoms with Gasteiger partial charge in [-0.3, -0.25) is 9.78 Å². The van der Waals surface area contributed by atoms with E-state index in [1.165, 1.54) is 0 Å². The van der Waals surface area contributed by atoms with E-state index in [0.29, 0.717) is 12.1 Å². The standard InChI is InChI=1S/C13H17BrN2O2/c14-10-4-6-15-12(9-10)13(18)16-7-2-1-3-11(16)5-8-17/h4,6,9,11,17H,1-3,5,7-8H2. The van der Waals surface area contributed by atoms with Crippen LogP contribution < -0.4 is 0 Å². The average Bonchev–Trinajstić information content (AvgIpc) is 2.39. The Labute approximate surface area is 115 Å². The maximum atomic E-state index is 12.4. The maximum Gasteiger partial charge on any atom is 0.272 e. The molecular formula is C13H17BrN2O2. The number of halogens is 1. The molecule has 0 spiro atoms. The van der Waals surface area contributed by atoms with Gasteiger partial charge in [-0.05, 0) is 37.8 Å². The van der Waals surface area contributed by atoms with Gasteiger partial charge >= 0.3 is 0 Å². The van der Waals surface area contributed by atoms with Crippen LogP contribution in [0.2, 0.25) is 0 Å². The summed E-state index contributed by atoms with van der Waals surface area (Å²) in [6.45, 7) is 0.887. The Bertz CT molecular complexity index is 423. The number of aromatic nitrogens is 1. The molecule has 0 saturated carbocycles. The molecule has 5 heteroatoms. The molecule has 1 fully saturated rings. The molecular weight excluding hydrogens is 296 g/mol. The van der Waals surface area contributed by atoms with Gasteiger partial charge < -0.3 is 10.0 Å². The Kier molecular flexibility index (Phi) is 4.72. The summed E-state index contributed by atoms with van der Waals surface area (Å²) in [5, 5.41) is 9.07. The second-order valence-corrected chi connectivity index (χ2v) is 5.44. The number of carbonyl (C=O) groups excluding carboxylic acids is 1. The number of aliphatic hydroxyl groups excluding tert-OH is 1. The fraction of sp³-hybridized carbons (Fsp3) is 0.538. The van der Waals surface area contributed by atoms with Gasteiger partial charge in [0, 0.05) is 29.9 Å². The van der Waals surface area contributed by atoms with Gasteiger partial charge in [-0.25, -0.2) is 0 Å². The SMILES string of the molecule is O=C(c1cc(Br)ccn1)N1CCCCC1CCO. The summed E-state index contributed by atoms with van der Waals surface area (Å²) in [4.78, 5) is 18.4. The number of rotatable bonds is 3. The van der Waals surface area contributed by atoms with Crippen LogP contribution >= 0.6 is 15.9 Å². The number of nitrogens with zero attached hydrogens (tertiary/aromatic N) is 2. The summed E-state index contributed by atoms with van der Waals surface area (Å²) >= 11 is 3.35. The number of carbonyl (C=O) groups is 1. The van der Waals surface area contributed by atoms with Crippen molar-refractivity contribution >= 4 is 21.8 Å². The zero-order chi connectivity index (χ0) is 13.0. The highest BCUT2D eigenvalue weighted by molar-refractivity contribution is 9.10. The number of hydrogen-bond acceptors (Lipinski definition) is 3. The van der Waals surface area contributed by atoms with Gasteiger partial charge in [0.25, 0.3) is 5.91 Å². The molecule has 0 bridgehead atoms. The Morgan fingerprint density at radius 2 is 2.39 bits per heavy atom. The topological polar surface area (TPSA) is 53.4 Å². The van der Waals surface area contributed by atoms with Gasteiger partial charge in [-0.1, -0.05) is 15.9 Å². The van der Waals surface area contributed by atoms with E-state index in [1.54, 1.807) is 18.3 Å². The molecule has 1 atom stereocenters. The highest BCUT2D eigenvalue weighted by atomic mass is 79.9. The lowest BCUT2D eigenvalue weighted by Gasteiger charge is -2.35. The summed E-state index contributed by atoms with van der Waals surface area (Å²) < 4.78 is 0.858. The third-order valence-electron chi connectivity index (χ3n) is 3.29. The van der Waals surface area contributed by atoms with Gasteiger partial charge in [-0.15, -0.1) is 0 Å². The number of hydrogen-bond donors (Lipinski definition) is 1. The van der Waals surface area contributed by atoms with Crippen molar-refractivity contribution in [1.82, 2.24) is 9.88 Å². The zero-order valence-corrected chi connectivity index (χ0v) is 11.8. The first-order chi connectivity index (χ1) is 8.72. The molecule has 1 aliphatic rings. The van der Waals surface area contributed by atoms with Crippen molar-refractivity contribution < 1.29 is 9.90 Å². The molecule has 18 heavy (non-hydrogen) atoms. The highest BCUT2D eigenvalue weighted by Crippen LogP contribution is 2.22. The fourth-order valence-corrected chi connectivity index (χ4v) is 2.72. The predicted molar refractivity (Wildman–Crippen MR) is 72.3 cm³/mol. The first-order valence-corrected chi connectivity index (χ1v) is 7.05. The number of aliphatic hydroxyl groups is 1. The van der Waals surface area contributed by atoms with Crippen LogP contribution in [-0.4, -0.2) is 40.1 Å². The van der Waals surface area contributed by atoms with Crippen LogP contribution in [0.5, 0.6) is 0 Å². The lowest BCUT2D eigenvalue weighted by Crippen LogP contribution is -2.44. The summed E-state index contributed by atoms with van der Waals surface area (Å²) in [6, 6.07) is 3.70. The summed E-state index contributed by atoms with van der Waals surface area (Å²) in [5.74, 6) is -0.0329. The van der Waals surface area contributed by atoms with Gasteiger partial charge in [0.2, 0.25) is 0 Å². The van der Waals surface area contributed by atoms with Crippen LogP contribution in [0.1, 0.15) is 36.2 Å². The summed E-state index contributed by atoms with van der Waals surface area (Å²) in [6.07, 6.45) is 5.41. The third kappa shape index (κ3) is 3.09. The van der Waals surface area contributed by atoms with E-state index in [-0.39, 0.29) is 18.6 Å². The molecule has 1 aliphatic heterocycles. The van der Waals surface area contributed by atoms with E-state index >= 15 is 0 Å². The summed E-state index contributed by atoms with van der Waals surface area (Å²) in [5.41, 5.74) is 0.467. The smallest absolute Gasteiger partial charge is 0.272 e. The molecule has 2 heterocycles. The van der Waals surface area contributed by atoms with Crippen LogP contribution in [0, 0.1) is 0 Å². The van der Waals surface area contributed by atoms with Crippen molar-refractivity contribution in [1.29, 1.82) is 0 Å². The van der Waals surface area contributed by atoms with E-state index in [2.05, 4.69) is 20.9 Å². The highest BCUT2D eigenvalue weighted by Gasteiger charge is 2.27. The molecule has 1 unspecified atom stereocenters.